The van der Waals surface area contributed by atoms with Crippen LogP contribution >= 0.6 is 12.6 Å². The molecule has 4 N–H and O–H groups in total. The van der Waals surface area contributed by atoms with Crippen LogP contribution in [-0.4, -0.2) is 32.0 Å². The minimum atomic E-state index is 0.698. The van der Waals surface area contributed by atoms with Crippen molar-refractivity contribution in [3.05, 3.63) is 18.2 Å². The fraction of sp³-hybridized carbons (Fsp3) is 0.538. The quantitative estimate of drug-likeness (QED) is 0.501. The molecule has 1 heterocycles. The molecule has 2 rings (SSSR count). The molecule has 4 nitrogen and oxygen atoms in total. The molecule has 5 heteroatoms. The average molecular weight is 270 g/mol. The van der Waals surface area contributed by atoms with Crippen LogP contribution < -0.4 is 11.1 Å². The number of ether oxygens (including phenoxy) is 1. The van der Waals surface area contributed by atoms with Crippen molar-refractivity contribution < 1.29 is 9.84 Å². The monoisotopic (exact) mass is 270 g/mol. The Morgan fingerprint density at radius 1 is 1.39 bits per heavy atom. The van der Waals surface area contributed by atoms with E-state index in [2.05, 4.69) is 17.9 Å². The lowest BCUT2D eigenvalue weighted by Gasteiger charge is -2.23. The van der Waals surface area contributed by atoms with Gasteiger partial charge < -0.3 is 20.9 Å². The Bertz CT molecular complexity index is 355. The number of nitrogens with two attached hydrogens (primary N) is 1. The second kappa shape index (κ2) is 8.24. The van der Waals surface area contributed by atoms with Gasteiger partial charge in [-0.2, -0.15) is 0 Å². The molecular formula is C13H22N2O2S. The van der Waals surface area contributed by atoms with Crippen molar-refractivity contribution in [3.63, 3.8) is 0 Å². The lowest BCUT2D eigenvalue weighted by Crippen LogP contribution is -2.22. The summed E-state index contributed by atoms with van der Waals surface area (Å²) in [6, 6.07) is 5.80. The van der Waals surface area contributed by atoms with Crippen LogP contribution in [0.15, 0.2) is 23.1 Å². The number of benzene rings is 1. The molecular weight excluding hydrogens is 248 g/mol. The number of nitrogens with one attached hydrogen (secondary N) is 1. The first-order valence-corrected chi connectivity index (χ1v) is 6.55. The number of rotatable bonds is 3. The summed E-state index contributed by atoms with van der Waals surface area (Å²) >= 11 is 4.25. The van der Waals surface area contributed by atoms with E-state index in [0.717, 1.165) is 56.0 Å². The van der Waals surface area contributed by atoms with Crippen molar-refractivity contribution >= 4 is 24.0 Å². The van der Waals surface area contributed by atoms with Gasteiger partial charge in [0.2, 0.25) is 0 Å². The third-order valence-electron chi connectivity index (χ3n) is 2.96. The highest BCUT2D eigenvalue weighted by molar-refractivity contribution is 7.80. The molecule has 0 aromatic heterocycles. The van der Waals surface area contributed by atoms with Crippen molar-refractivity contribution in [2.45, 2.75) is 17.7 Å². The van der Waals surface area contributed by atoms with Crippen molar-refractivity contribution in [2.75, 3.05) is 37.9 Å². The molecule has 1 aliphatic rings. The second-order valence-electron chi connectivity index (χ2n) is 4.21. The van der Waals surface area contributed by atoms with Crippen LogP contribution in [0.5, 0.6) is 0 Å². The van der Waals surface area contributed by atoms with Gasteiger partial charge in [0.1, 0.15) is 0 Å². The highest BCUT2D eigenvalue weighted by atomic mass is 32.1. The van der Waals surface area contributed by atoms with Crippen LogP contribution in [0.1, 0.15) is 12.8 Å². The van der Waals surface area contributed by atoms with Crippen molar-refractivity contribution in [1.29, 1.82) is 0 Å². The molecule has 0 saturated carbocycles. The molecule has 0 atom stereocenters. The lowest BCUT2D eigenvalue weighted by atomic mass is 10.0. The molecule has 0 spiro atoms. The van der Waals surface area contributed by atoms with E-state index in [1.54, 1.807) is 0 Å². The maximum Gasteiger partial charge on any atom is 0.0574 e. The summed E-state index contributed by atoms with van der Waals surface area (Å²) in [4.78, 5) is 0.897. The molecule has 0 unspecified atom stereocenters. The Hall–Kier alpha value is -0.910. The number of hydrogen-bond acceptors (Lipinski definition) is 5. The number of anilines is 2. The Labute approximate surface area is 114 Å². The molecule has 0 amide bonds. The van der Waals surface area contributed by atoms with Crippen LogP contribution in [0, 0.1) is 5.92 Å². The van der Waals surface area contributed by atoms with Gasteiger partial charge in [-0.15, -0.1) is 12.6 Å². The van der Waals surface area contributed by atoms with Gasteiger partial charge in [0.25, 0.3) is 0 Å². The number of aliphatic hydroxyl groups excluding tert-OH is 1. The summed E-state index contributed by atoms with van der Waals surface area (Å²) in [5, 5.41) is 10.4. The maximum absolute atomic E-state index is 7.00. The Balaban J connectivity index is 0.000000771. The fourth-order valence-corrected chi connectivity index (χ4v) is 2.13. The summed E-state index contributed by atoms with van der Waals surface area (Å²) < 4.78 is 5.33. The third-order valence-corrected chi connectivity index (χ3v) is 3.24. The van der Waals surface area contributed by atoms with Crippen LogP contribution in [0.2, 0.25) is 0 Å². The van der Waals surface area contributed by atoms with E-state index in [9.17, 15) is 0 Å². The van der Waals surface area contributed by atoms with Crippen LogP contribution in [-0.2, 0) is 4.74 Å². The fourth-order valence-electron chi connectivity index (χ4n) is 1.92. The highest BCUT2D eigenvalue weighted by Crippen LogP contribution is 2.23. The van der Waals surface area contributed by atoms with Crippen LogP contribution in [0.25, 0.3) is 0 Å². The summed E-state index contributed by atoms with van der Waals surface area (Å²) in [6.07, 6.45) is 2.27. The standard InChI is InChI=1S/C12H18N2OS.CH4O/c13-11-7-10(16)1-2-12(11)14-8-9-3-5-15-6-4-9;1-2/h1-2,7,9,14,16H,3-6,8,13H2;2H,1H3. The maximum atomic E-state index is 7.00. The van der Waals surface area contributed by atoms with Crippen LogP contribution in [0.3, 0.4) is 0 Å². The molecule has 1 aromatic carbocycles. The van der Waals surface area contributed by atoms with E-state index in [4.69, 9.17) is 15.6 Å². The Kier molecular flexibility index (Phi) is 6.93. The molecule has 102 valence electrons. The van der Waals surface area contributed by atoms with E-state index in [-0.39, 0.29) is 0 Å². The zero-order valence-corrected chi connectivity index (χ0v) is 11.6. The predicted octanol–water partition coefficient (Wildman–Crippen LogP) is 2.00. The van der Waals surface area contributed by atoms with Crippen molar-refractivity contribution in [1.82, 2.24) is 0 Å². The molecule has 0 radical (unpaired) electrons. The SMILES string of the molecule is CO.Nc1cc(S)ccc1NCC1CCOCC1. The van der Waals surface area contributed by atoms with Crippen molar-refractivity contribution in [2.24, 2.45) is 5.92 Å². The molecule has 1 fully saturated rings. The topological polar surface area (TPSA) is 67.5 Å². The van der Waals surface area contributed by atoms with Gasteiger partial charge in [0, 0.05) is 31.8 Å². The smallest absolute Gasteiger partial charge is 0.0574 e. The van der Waals surface area contributed by atoms with Crippen molar-refractivity contribution in [3.8, 4) is 0 Å². The van der Waals surface area contributed by atoms with Gasteiger partial charge in [0.05, 0.1) is 11.4 Å². The van der Waals surface area contributed by atoms with Gasteiger partial charge in [-0.05, 0) is 37.0 Å². The number of thiol groups is 1. The minimum absolute atomic E-state index is 0.698. The van der Waals surface area contributed by atoms with E-state index in [1.807, 2.05) is 18.2 Å². The zero-order valence-electron chi connectivity index (χ0n) is 10.7. The normalized spacial score (nSPS) is 15.7. The van der Waals surface area contributed by atoms with Gasteiger partial charge in [-0.1, -0.05) is 0 Å². The van der Waals surface area contributed by atoms with E-state index in [0.29, 0.717) is 5.92 Å². The highest BCUT2D eigenvalue weighted by Gasteiger charge is 2.13. The summed E-state index contributed by atoms with van der Waals surface area (Å²) in [5.74, 6) is 0.698. The van der Waals surface area contributed by atoms with E-state index in [1.165, 1.54) is 0 Å². The Morgan fingerprint density at radius 3 is 2.67 bits per heavy atom. The first-order chi connectivity index (χ1) is 8.75. The number of aliphatic hydroxyl groups is 1. The summed E-state index contributed by atoms with van der Waals surface area (Å²) in [5.41, 5.74) is 7.67. The van der Waals surface area contributed by atoms with Gasteiger partial charge in [-0.3, -0.25) is 0 Å². The third kappa shape index (κ3) is 4.76. The molecule has 1 aliphatic heterocycles. The largest absolute Gasteiger partial charge is 0.400 e. The summed E-state index contributed by atoms with van der Waals surface area (Å²) in [7, 11) is 1.00. The van der Waals surface area contributed by atoms with E-state index >= 15 is 0 Å². The minimum Gasteiger partial charge on any atom is -0.400 e. The Morgan fingerprint density at radius 2 is 2.06 bits per heavy atom. The van der Waals surface area contributed by atoms with Gasteiger partial charge in [-0.25, -0.2) is 0 Å². The molecule has 0 aliphatic carbocycles. The molecule has 18 heavy (non-hydrogen) atoms. The zero-order chi connectivity index (χ0) is 13.4. The summed E-state index contributed by atoms with van der Waals surface area (Å²) in [6.45, 7) is 2.74. The number of hydrogen-bond donors (Lipinski definition) is 4. The molecule has 1 saturated heterocycles. The average Bonchev–Trinajstić information content (AvgIpc) is 2.41. The van der Waals surface area contributed by atoms with Gasteiger partial charge in [0.15, 0.2) is 0 Å². The lowest BCUT2D eigenvalue weighted by molar-refractivity contribution is 0.0699. The van der Waals surface area contributed by atoms with Crippen LogP contribution in [0.4, 0.5) is 11.4 Å². The second-order valence-corrected chi connectivity index (χ2v) is 4.72. The number of nitrogen functional groups attached to an aromatic ring is 1. The molecule has 0 bridgehead atoms. The van der Waals surface area contributed by atoms with Gasteiger partial charge >= 0.3 is 0 Å². The molecule has 1 aromatic rings. The van der Waals surface area contributed by atoms with E-state index < -0.39 is 0 Å². The first-order valence-electron chi connectivity index (χ1n) is 6.10. The predicted molar refractivity (Wildman–Crippen MR) is 78.3 cm³/mol. The first kappa shape index (κ1) is 15.1.